The van der Waals surface area contributed by atoms with Gasteiger partial charge in [0.1, 0.15) is 15.6 Å². The number of rotatable bonds is 3. The fourth-order valence-corrected chi connectivity index (χ4v) is 3.36. The lowest BCUT2D eigenvalue weighted by Crippen LogP contribution is -2.12. The summed E-state index contributed by atoms with van der Waals surface area (Å²) in [5.41, 5.74) is 1.38. The minimum atomic E-state index is -0.253. The minimum Gasteiger partial charge on any atom is -0.359 e. The molecule has 2 heterocycles. The van der Waals surface area contributed by atoms with Crippen LogP contribution < -0.4 is 5.32 Å². The minimum absolute atomic E-state index is 0.171. The van der Waals surface area contributed by atoms with Gasteiger partial charge in [0.15, 0.2) is 5.82 Å². The topological polar surface area (TPSA) is 68.0 Å². The number of nitrogens with zero attached hydrogens (tertiary/aromatic N) is 2. The van der Waals surface area contributed by atoms with Crippen LogP contribution in [0, 0.1) is 6.92 Å². The normalized spacial score (nSPS) is 11.6. The number of carbonyl (C=O) groups is 1. The molecule has 25 heavy (non-hydrogen) atoms. The molecule has 0 radical (unpaired) electrons. The molecule has 1 N–H and O–H groups in total. The van der Waals surface area contributed by atoms with Gasteiger partial charge in [0, 0.05) is 22.1 Å². The summed E-state index contributed by atoms with van der Waals surface area (Å²) >= 11 is 7.35. The lowest BCUT2D eigenvalue weighted by atomic mass is 9.93. The highest BCUT2D eigenvalue weighted by Gasteiger charge is 2.22. The van der Waals surface area contributed by atoms with E-state index in [0.29, 0.717) is 27.2 Å². The Balaban J connectivity index is 1.82. The lowest BCUT2D eigenvalue weighted by Gasteiger charge is -2.11. The highest BCUT2D eigenvalue weighted by Crippen LogP contribution is 2.30. The molecule has 0 bridgehead atoms. The largest absolute Gasteiger partial charge is 0.359 e. The summed E-state index contributed by atoms with van der Waals surface area (Å²) in [6, 6.07) is 9.15. The Bertz CT molecular complexity index is 925. The van der Waals surface area contributed by atoms with Crippen molar-refractivity contribution in [1.82, 2.24) is 10.1 Å². The maximum Gasteiger partial charge on any atom is 0.268 e. The van der Waals surface area contributed by atoms with E-state index >= 15 is 0 Å². The van der Waals surface area contributed by atoms with Crippen LogP contribution in [0.3, 0.4) is 0 Å². The van der Waals surface area contributed by atoms with Crippen LogP contribution in [0.4, 0.5) is 5.82 Å². The van der Waals surface area contributed by atoms with Gasteiger partial charge in [-0.1, -0.05) is 49.7 Å². The molecule has 2 aromatic heterocycles. The van der Waals surface area contributed by atoms with E-state index in [4.69, 9.17) is 16.1 Å². The molecular weight excluding hydrogens is 358 g/mol. The molecule has 5 nitrogen and oxygen atoms in total. The van der Waals surface area contributed by atoms with E-state index in [1.165, 1.54) is 11.3 Å². The molecule has 3 aromatic rings. The van der Waals surface area contributed by atoms with Gasteiger partial charge in [-0.2, -0.15) is 0 Å². The van der Waals surface area contributed by atoms with Crippen LogP contribution in [0.25, 0.3) is 10.6 Å². The first-order chi connectivity index (χ1) is 11.7. The molecule has 7 heteroatoms. The molecule has 1 amide bonds. The van der Waals surface area contributed by atoms with Crippen molar-refractivity contribution in [3.8, 4) is 10.6 Å². The van der Waals surface area contributed by atoms with Crippen molar-refractivity contribution in [3.05, 3.63) is 51.7 Å². The summed E-state index contributed by atoms with van der Waals surface area (Å²) in [4.78, 5) is 17.6. The Morgan fingerprint density at radius 3 is 2.68 bits per heavy atom. The number of aromatic nitrogens is 2. The first kappa shape index (κ1) is 17.6. The van der Waals surface area contributed by atoms with Crippen LogP contribution in [0.5, 0.6) is 0 Å². The number of hydrogen-bond donors (Lipinski definition) is 1. The van der Waals surface area contributed by atoms with E-state index < -0.39 is 0 Å². The van der Waals surface area contributed by atoms with Gasteiger partial charge in [-0.3, -0.25) is 4.79 Å². The van der Waals surface area contributed by atoms with Crippen LogP contribution in [0.2, 0.25) is 5.02 Å². The van der Waals surface area contributed by atoms with E-state index in [1.807, 2.05) is 45.9 Å². The maximum absolute atomic E-state index is 12.6. The summed E-state index contributed by atoms with van der Waals surface area (Å²) in [5, 5.41) is 8.07. The van der Waals surface area contributed by atoms with Crippen LogP contribution in [-0.2, 0) is 5.41 Å². The molecule has 0 aliphatic heterocycles. The number of amides is 1. The van der Waals surface area contributed by atoms with E-state index in [1.54, 1.807) is 12.1 Å². The number of anilines is 1. The van der Waals surface area contributed by atoms with Crippen LogP contribution in [-0.4, -0.2) is 16.0 Å². The second kappa shape index (κ2) is 6.61. The van der Waals surface area contributed by atoms with Crippen molar-refractivity contribution >= 4 is 34.7 Å². The predicted octanol–water partition coefficient (Wildman–Crippen LogP) is 5.31. The number of nitrogens with one attached hydrogen (secondary N) is 1. The van der Waals surface area contributed by atoms with Gasteiger partial charge in [0.05, 0.1) is 5.69 Å². The Kier molecular flexibility index (Phi) is 4.67. The van der Waals surface area contributed by atoms with E-state index in [-0.39, 0.29) is 11.3 Å². The van der Waals surface area contributed by atoms with Gasteiger partial charge in [-0.05, 0) is 19.1 Å². The summed E-state index contributed by atoms with van der Waals surface area (Å²) in [6.45, 7) is 7.86. The van der Waals surface area contributed by atoms with Crippen LogP contribution in [0.1, 0.15) is 41.9 Å². The van der Waals surface area contributed by atoms with Crippen molar-refractivity contribution in [2.75, 3.05) is 5.32 Å². The zero-order valence-electron chi connectivity index (χ0n) is 14.4. The summed E-state index contributed by atoms with van der Waals surface area (Å²) in [5.74, 6) is 0.854. The molecule has 0 saturated heterocycles. The standard InChI is InChI=1S/C18H18ClN3O2S/c1-10-15(25-17(20-10)11-6-5-7-12(19)8-11)16(23)21-14-9-13(24-22-14)18(2,3)4/h5-9H,1-4H3,(H,21,22,23). The number of thiazole rings is 1. The average Bonchev–Trinajstić information content (AvgIpc) is 3.13. The molecule has 0 aliphatic rings. The quantitative estimate of drug-likeness (QED) is 0.673. The second-order valence-corrected chi connectivity index (χ2v) is 8.16. The molecule has 0 unspecified atom stereocenters. The number of benzene rings is 1. The van der Waals surface area contributed by atoms with E-state index in [9.17, 15) is 4.79 Å². The molecule has 1 aromatic carbocycles. The molecule has 0 spiro atoms. The van der Waals surface area contributed by atoms with Crippen molar-refractivity contribution < 1.29 is 9.32 Å². The molecule has 0 atom stereocenters. The average molecular weight is 376 g/mol. The van der Waals surface area contributed by atoms with Gasteiger partial charge >= 0.3 is 0 Å². The van der Waals surface area contributed by atoms with Gasteiger partial charge in [-0.25, -0.2) is 4.98 Å². The van der Waals surface area contributed by atoms with Crippen molar-refractivity contribution in [3.63, 3.8) is 0 Å². The van der Waals surface area contributed by atoms with Gasteiger partial charge < -0.3 is 9.84 Å². The zero-order valence-corrected chi connectivity index (χ0v) is 16.0. The van der Waals surface area contributed by atoms with Crippen LogP contribution >= 0.6 is 22.9 Å². The molecule has 0 fully saturated rings. The molecule has 3 rings (SSSR count). The van der Waals surface area contributed by atoms with Crippen molar-refractivity contribution in [1.29, 1.82) is 0 Å². The third-order valence-electron chi connectivity index (χ3n) is 3.57. The number of aryl methyl sites for hydroxylation is 1. The highest BCUT2D eigenvalue weighted by atomic mass is 35.5. The summed E-state index contributed by atoms with van der Waals surface area (Å²) in [6.07, 6.45) is 0. The van der Waals surface area contributed by atoms with Gasteiger partial charge in [0.25, 0.3) is 5.91 Å². The van der Waals surface area contributed by atoms with Gasteiger partial charge in [0.2, 0.25) is 0 Å². The molecule has 0 saturated carbocycles. The number of hydrogen-bond acceptors (Lipinski definition) is 5. The Morgan fingerprint density at radius 1 is 1.28 bits per heavy atom. The monoisotopic (exact) mass is 375 g/mol. The first-order valence-electron chi connectivity index (χ1n) is 7.76. The zero-order chi connectivity index (χ0) is 18.2. The fraction of sp³-hybridized carbons (Fsp3) is 0.278. The third-order valence-corrected chi connectivity index (χ3v) is 5.01. The van der Waals surface area contributed by atoms with Crippen LogP contribution in [0.15, 0.2) is 34.9 Å². The SMILES string of the molecule is Cc1nc(-c2cccc(Cl)c2)sc1C(=O)Nc1cc(C(C)(C)C)on1. The number of carbonyl (C=O) groups excluding carboxylic acids is 1. The van der Waals surface area contributed by atoms with Crippen molar-refractivity contribution in [2.45, 2.75) is 33.1 Å². The Morgan fingerprint density at radius 2 is 2.04 bits per heavy atom. The predicted molar refractivity (Wildman–Crippen MR) is 100 cm³/mol. The van der Waals surface area contributed by atoms with Gasteiger partial charge in [-0.15, -0.1) is 11.3 Å². The fourth-order valence-electron chi connectivity index (χ4n) is 2.21. The highest BCUT2D eigenvalue weighted by molar-refractivity contribution is 7.17. The second-order valence-electron chi connectivity index (χ2n) is 6.72. The smallest absolute Gasteiger partial charge is 0.268 e. The molecule has 130 valence electrons. The molecular formula is C18H18ClN3O2S. The first-order valence-corrected chi connectivity index (χ1v) is 8.95. The maximum atomic E-state index is 12.6. The third kappa shape index (κ3) is 3.91. The number of halogens is 1. The van der Waals surface area contributed by atoms with Crippen molar-refractivity contribution in [2.24, 2.45) is 0 Å². The Hall–Kier alpha value is -2.18. The lowest BCUT2D eigenvalue weighted by molar-refractivity contribution is 0.102. The van der Waals surface area contributed by atoms with E-state index in [0.717, 1.165) is 10.6 Å². The molecule has 0 aliphatic carbocycles. The van der Waals surface area contributed by atoms with E-state index in [2.05, 4.69) is 15.5 Å². The summed E-state index contributed by atoms with van der Waals surface area (Å²) in [7, 11) is 0. The Labute approximate surface area is 155 Å². The summed E-state index contributed by atoms with van der Waals surface area (Å²) < 4.78 is 5.29.